The summed E-state index contributed by atoms with van der Waals surface area (Å²) in [5.41, 5.74) is 1.27. The van der Waals surface area contributed by atoms with Crippen LogP contribution >= 0.6 is 12.2 Å². The molecule has 1 aromatic carbocycles. The maximum Gasteiger partial charge on any atom is 0.166 e. The van der Waals surface area contributed by atoms with Gasteiger partial charge in [0.15, 0.2) is 5.11 Å². The fraction of sp³-hybridized carbons (Fsp3) is 0.611. The Labute approximate surface area is 133 Å². The number of rotatable bonds is 4. The third kappa shape index (κ3) is 3.39. The zero-order valence-corrected chi connectivity index (χ0v) is 13.8. The van der Waals surface area contributed by atoms with Crippen molar-refractivity contribution in [3.63, 3.8) is 0 Å². The molecule has 2 nitrogen and oxygen atoms in total. The Morgan fingerprint density at radius 2 is 1.86 bits per heavy atom. The fourth-order valence-electron chi connectivity index (χ4n) is 4.28. The van der Waals surface area contributed by atoms with E-state index < -0.39 is 0 Å². The molecule has 2 aliphatic carbocycles. The molecule has 21 heavy (non-hydrogen) atoms. The standard InChI is InChI=1S/C18H26N2S/c1-12(15-6-4-3-5-7-15)19-18(21)20-13(2)17-11-14-8-9-16(17)10-14/h3-7,12-14,16-17H,8-11H2,1-2H3,(H2,19,20,21)/t12-,13+,14+,16+,17-/m0/s1. The minimum atomic E-state index is 0.249. The van der Waals surface area contributed by atoms with Crippen molar-refractivity contribution in [3.8, 4) is 0 Å². The Kier molecular flexibility index (Phi) is 4.48. The molecule has 2 aliphatic rings. The van der Waals surface area contributed by atoms with Crippen molar-refractivity contribution in [2.24, 2.45) is 17.8 Å². The van der Waals surface area contributed by atoms with E-state index in [1.54, 1.807) is 0 Å². The lowest BCUT2D eigenvalue weighted by Crippen LogP contribution is -2.45. The first-order valence-electron chi connectivity index (χ1n) is 8.25. The van der Waals surface area contributed by atoms with Crippen LogP contribution < -0.4 is 10.6 Å². The van der Waals surface area contributed by atoms with E-state index in [0.29, 0.717) is 6.04 Å². The summed E-state index contributed by atoms with van der Waals surface area (Å²) in [5, 5.41) is 7.74. The minimum absolute atomic E-state index is 0.249. The maximum atomic E-state index is 5.51. The molecule has 3 rings (SSSR count). The second kappa shape index (κ2) is 6.35. The van der Waals surface area contributed by atoms with Crippen molar-refractivity contribution in [2.45, 2.75) is 51.6 Å². The number of fused-ring (bicyclic) bond motifs is 2. The van der Waals surface area contributed by atoms with E-state index in [0.717, 1.165) is 22.9 Å². The largest absolute Gasteiger partial charge is 0.360 e. The van der Waals surface area contributed by atoms with Crippen LogP contribution in [0.2, 0.25) is 0 Å². The summed E-state index contributed by atoms with van der Waals surface area (Å²) in [6, 6.07) is 11.2. The van der Waals surface area contributed by atoms with Gasteiger partial charge in [-0.05, 0) is 68.6 Å². The second-order valence-corrected chi connectivity index (χ2v) is 7.29. The summed E-state index contributed by atoms with van der Waals surface area (Å²) >= 11 is 5.51. The van der Waals surface area contributed by atoms with Crippen LogP contribution in [-0.2, 0) is 0 Å². The van der Waals surface area contributed by atoms with Gasteiger partial charge in [-0.25, -0.2) is 0 Å². The molecule has 1 aromatic rings. The molecule has 5 atom stereocenters. The van der Waals surface area contributed by atoms with Gasteiger partial charge in [0, 0.05) is 6.04 Å². The monoisotopic (exact) mass is 302 g/mol. The molecule has 0 aliphatic heterocycles. The topological polar surface area (TPSA) is 24.1 Å². The van der Waals surface area contributed by atoms with Gasteiger partial charge < -0.3 is 10.6 Å². The summed E-state index contributed by atoms with van der Waals surface area (Å²) in [5.74, 6) is 2.75. The summed E-state index contributed by atoms with van der Waals surface area (Å²) in [6.45, 7) is 4.46. The number of hydrogen-bond acceptors (Lipinski definition) is 1. The molecular weight excluding hydrogens is 276 g/mol. The van der Waals surface area contributed by atoms with E-state index in [1.165, 1.54) is 31.2 Å². The van der Waals surface area contributed by atoms with Crippen LogP contribution in [0.25, 0.3) is 0 Å². The third-order valence-electron chi connectivity index (χ3n) is 5.44. The molecule has 2 fully saturated rings. The molecule has 0 heterocycles. The molecule has 0 spiro atoms. The smallest absolute Gasteiger partial charge is 0.166 e. The van der Waals surface area contributed by atoms with Gasteiger partial charge in [-0.1, -0.05) is 36.8 Å². The van der Waals surface area contributed by atoms with Crippen LogP contribution in [0, 0.1) is 17.8 Å². The van der Waals surface area contributed by atoms with Gasteiger partial charge in [0.1, 0.15) is 0 Å². The van der Waals surface area contributed by atoms with Gasteiger partial charge in [0.05, 0.1) is 6.04 Å². The second-order valence-electron chi connectivity index (χ2n) is 6.88. The van der Waals surface area contributed by atoms with Crippen molar-refractivity contribution in [2.75, 3.05) is 0 Å². The first-order valence-corrected chi connectivity index (χ1v) is 8.66. The lowest BCUT2D eigenvalue weighted by molar-refractivity contribution is 0.278. The fourth-order valence-corrected chi connectivity index (χ4v) is 4.65. The predicted octanol–water partition coefficient (Wildman–Crippen LogP) is 4.04. The average Bonchev–Trinajstić information content (AvgIpc) is 3.10. The number of hydrogen-bond donors (Lipinski definition) is 2. The van der Waals surface area contributed by atoms with Crippen molar-refractivity contribution in [1.82, 2.24) is 10.6 Å². The molecule has 114 valence electrons. The molecular formula is C18H26N2S. The summed E-state index contributed by atoms with van der Waals surface area (Å²) in [7, 11) is 0. The molecule has 0 unspecified atom stereocenters. The van der Waals surface area contributed by atoms with Gasteiger partial charge in [-0.2, -0.15) is 0 Å². The van der Waals surface area contributed by atoms with Gasteiger partial charge in [0.25, 0.3) is 0 Å². The van der Waals surface area contributed by atoms with Crippen LogP contribution in [0.1, 0.15) is 51.1 Å². The minimum Gasteiger partial charge on any atom is -0.360 e. The predicted molar refractivity (Wildman–Crippen MR) is 92.1 cm³/mol. The highest BCUT2D eigenvalue weighted by atomic mass is 32.1. The average molecular weight is 302 g/mol. The highest BCUT2D eigenvalue weighted by molar-refractivity contribution is 7.80. The van der Waals surface area contributed by atoms with Crippen molar-refractivity contribution < 1.29 is 0 Å². The van der Waals surface area contributed by atoms with E-state index in [9.17, 15) is 0 Å². The SMILES string of the molecule is C[C@H](NC(=S)N[C@H](C)[C@@H]1C[C@@H]2CC[C@@H]1C2)c1ccccc1. The molecule has 2 saturated carbocycles. The third-order valence-corrected chi connectivity index (χ3v) is 5.68. The normalized spacial score (nSPS) is 29.9. The molecule has 2 bridgehead atoms. The zero-order chi connectivity index (χ0) is 14.8. The molecule has 0 amide bonds. The first kappa shape index (κ1) is 14.8. The number of nitrogens with one attached hydrogen (secondary N) is 2. The lowest BCUT2D eigenvalue weighted by Gasteiger charge is -2.30. The van der Waals surface area contributed by atoms with Crippen molar-refractivity contribution >= 4 is 17.3 Å². The number of thiocarbonyl (C=S) groups is 1. The van der Waals surface area contributed by atoms with E-state index >= 15 is 0 Å². The Balaban J connectivity index is 1.50. The van der Waals surface area contributed by atoms with Crippen LogP contribution in [0.5, 0.6) is 0 Å². The zero-order valence-electron chi connectivity index (χ0n) is 13.0. The van der Waals surface area contributed by atoms with Gasteiger partial charge >= 0.3 is 0 Å². The number of benzene rings is 1. The van der Waals surface area contributed by atoms with Gasteiger partial charge in [-0.3, -0.25) is 0 Å². The Bertz CT molecular complexity index is 487. The van der Waals surface area contributed by atoms with Crippen LogP contribution in [-0.4, -0.2) is 11.2 Å². The maximum absolute atomic E-state index is 5.51. The van der Waals surface area contributed by atoms with Crippen molar-refractivity contribution in [1.29, 1.82) is 0 Å². The van der Waals surface area contributed by atoms with E-state index in [4.69, 9.17) is 12.2 Å². The van der Waals surface area contributed by atoms with E-state index in [2.05, 4.69) is 48.7 Å². The van der Waals surface area contributed by atoms with Gasteiger partial charge in [-0.15, -0.1) is 0 Å². The Morgan fingerprint density at radius 1 is 1.10 bits per heavy atom. The lowest BCUT2D eigenvalue weighted by atomic mass is 9.84. The summed E-state index contributed by atoms with van der Waals surface area (Å²) in [4.78, 5) is 0. The Morgan fingerprint density at radius 3 is 2.48 bits per heavy atom. The highest BCUT2D eigenvalue weighted by Gasteiger charge is 2.41. The van der Waals surface area contributed by atoms with Gasteiger partial charge in [0.2, 0.25) is 0 Å². The summed E-state index contributed by atoms with van der Waals surface area (Å²) < 4.78 is 0. The Hall–Kier alpha value is -1.09. The van der Waals surface area contributed by atoms with Crippen LogP contribution in [0.4, 0.5) is 0 Å². The van der Waals surface area contributed by atoms with E-state index in [1.807, 2.05) is 6.07 Å². The van der Waals surface area contributed by atoms with E-state index in [-0.39, 0.29) is 6.04 Å². The molecule has 0 aromatic heterocycles. The van der Waals surface area contributed by atoms with Crippen molar-refractivity contribution in [3.05, 3.63) is 35.9 Å². The quantitative estimate of drug-likeness (QED) is 0.821. The summed E-state index contributed by atoms with van der Waals surface area (Å²) in [6.07, 6.45) is 5.75. The van der Waals surface area contributed by atoms with Crippen LogP contribution in [0.3, 0.4) is 0 Å². The van der Waals surface area contributed by atoms with Crippen LogP contribution in [0.15, 0.2) is 30.3 Å². The molecule has 0 saturated heterocycles. The molecule has 2 N–H and O–H groups in total. The first-order chi connectivity index (χ1) is 10.1. The molecule has 3 heteroatoms. The highest BCUT2D eigenvalue weighted by Crippen LogP contribution is 2.49. The molecule has 0 radical (unpaired) electrons.